The molecule has 0 radical (unpaired) electrons. The van der Waals surface area contributed by atoms with E-state index >= 15 is 0 Å². The van der Waals surface area contributed by atoms with Crippen LogP contribution in [0.2, 0.25) is 0 Å². The molecule has 0 fully saturated rings. The number of rotatable bonds is 4. The van der Waals surface area contributed by atoms with E-state index in [1.807, 2.05) is 58.0 Å². The van der Waals surface area contributed by atoms with Gasteiger partial charge in [-0.2, -0.15) is 0 Å². The van der Waals surface area contributed by atoms with Crippen LogP contribution in [0.1, 0.15) is 29.2 Å². The monoisotopic (exact) mass is 375 g/mol. The predicted octanol–water partition coefficient (Wildman–Crippen LogP) is 5.09. The second-order valence-corrected chi connectivity index (χ2v) is 6.85. The first-order valence-electron chi connectivity index (χ1n) is 7.59. The van der Waals surface area contributed by atoms with Gasteiger partial charge in [-0.15, -0.1) is 0 Å². The minimum Gasteiger partial charge on any atom is -0.480 e. The summed E-state index contributed by atoms with van der Waals surface area (Å²) in [6.45, 7) is 9.73. The first-order valence-corrected chi connectivity index (χ1v) is 8.38. The summed E-state index contributed by atoms with van der Waals surface area (Å²) >= 11 is 3.47. The van der Waals surface area contributed by atoms with Crippen LogP contribution in [0.3, 0.4) is 0 Å². The van der Waals surface area contributed by atoms with Crippen molar-refractivity contribution >= 4 is 27.5 Å². The number of anilines is 1. The molecular formula is C19H22BrNO2. The molecule has 0 spiro atoms. The molecule has 0 aliphatic rings. The summed E-state index contributed by atoms with van der Waals surface area (Å²) in [6, 6.07) is 9.92. The topological polar surface area (TPSA) is 38.3 Å². The molecule has 2 rings (SSSR count). The van der Waals surface area contributed by atoms with Crippen LogP contribution in [0.4, 0.5) is 5.69 Å². The zero-order chi connectivity index (χ0) is 17.1. The van der Waals surface area contributed by atoms with Crippen LogP contribution in [0.25, 0.3) is 0 Å². The first-order chi connectivity index (χ1) is 10.8. The smallest absolute Gasteiger partial charge is 0.265 e. The van der Waals surface area contributed by atoms with Crippen LogP contribution >= 0.6 is 15.9 Å². The van der Waals surface area contributed by atoms with E-state index in [0.717, 1.165) is 32.6 Å². The average Bonchev–Trinajstić information content (AvgIpc) is 2.45. The molecule has 0 aliphatic heterocycles. The lowest BCUT2D eigenvalue weighted by Gasteiger charge is -2.19. The summed E-state index contributed by atoms with van der Waals surface area (Å²) in [4.78, 5) is 12.4. The van der Waals surface area contributed by atoms with Crippen molar-refractivity contribution in [1.82, 2.24) is 0 Å². The minimum absolute atomic E-state index is 0.154. The Morgan fingerprint density at radius 2 is 1.65 bits per heavy atom. The first kappa shape index (κ1) is 17.5. The van der Waals surface area contributed by atoms with Gasteiger partial charge in [0.25, 0.3) is 5.91 Å². The normalized spacial score (nSPS) is 11.9. The van der Waals surface area contributed by atoms with Crippen molar-refractivity contribution in [2.45, 2.75) is 40.7 Å². The Bertz CT molecular complexity index is 717. The summed E-state index contributed by atoms with van der Waals surface area (Å²) in [7, 11) is 0. The van der Waals surface area contributed by atoms with Gasteiger partial charge < -0.3 is 10.1 Å². The van der Waals surface area contributed by atoms with Gasteiger partial charge in [0, 0.05) is 10.2 Å². The van der Waals surface area contributed by atoms with Crippen molar-refractivity contribution in [2.24, 2.45) is 0 Å². The third kappa shape index (κ3) is 4.35. The standard InChI is InChI=1S/C19H22BrNO2/c1-11-6-7-17(12(2)8-11)21-19(22)15(5)23-18-13(3)9-16(20)10-14(18)4/h6-10,15H,1-5H3,(H,21,22). The van der Waals surface area contributed by atoms with E-state index in [-0.39, 0.29) is 5.91 Å². The highest BCUT2D eigenvalue weighted by molar-refractivity contribution is 9.10. The lowest BCUT2D eigenvalue weighted by atomic mass is 10.1. The Hall–Kier alpha value is -1.81. The van der Waals surface area contributed by atoms with Gasteiger partial charge in [-0.3, -0.25) is 4.79 Å². The van der Waals surface area contributed by atoms with E-state index in [9.17, 15) is 4.79 Å². The SMILES string of the molecule is Cc1ccc(NC(=O)C(C)Oc2c(C)cc(Br)cc2C)c(C)c1. The predicted molar refractivity (Wildman–Crippen MR) is 98.3 cm³/mol. The maximum Gasteiger partial charge on any atom is 0.265 e. The molecule has 0 aliphatic carbocycles. The number of ether oxygens (including phenoxy) is 1. The number of carbonyl (C=O) groups excluding carboxylic acids is 1. The van der Waals surface area contributed by atoms with Crippen LogP contribution < -0.4 is 10.1 Å². The Morgan fingerprint density at radius 1 is 1.04 bits per heavy atom. The highest BCUT2D eigenvalue weighted by Gasteiger charge is 2.18. The number of amides is 1. The van der Waals surface area contributed by atoms with E-state index in [2.05, 4.69) is 21.2 Å². The van der Waals surface area contributed by atoms with Gasteiger partial charge in [0.05, 0.1) is 0 Å². The molecule has 1 unspecified atom stereocenters. The fourth-order valence-electron chi connectivity index (χ4n) is 2.50. The van der Waals surface area contributed by atoms with Crippen LogP contribution in [-0.4, -0.2) is 12.0 Å². The molecule has 0 bridgehead atoms. The molecule has 0 saturated carbocycles. The van der Waals surface area contributed by atoms with E-state index < -0.39 is 6.10 Å². The Kier molecular flexibility index (Phi) is 5.47. The van der Waals surface area contributed by atoms with Gasteiger partial charge in [-0.1, -0.05) is 33.6 Å². The van der Waals surface area contributed by atoms with Gasteiger partial charge in [0.1, 0.15) is 5.75 Å². The molecule has 4 heteroatoms. The van der Waals surface area contributed by atoms with Crippen LogP contribution in [0.15, 0.2) is 34.8 Å². The molecule has 3 nitrogen and oxygen atoms in total. The summed E-state index contributed by atoms with van der Waals surface area (Å²) in [5, 5.41) is 2.93. The summed E-state index contributed by atoms with van der Waals surface area (Å²) in [5.74, 6) is 0.607. The average molecular weight is 376 g/mol. The zero-order valence-corrected chi connectivity index (χ0v) is 15.7. The second-order valence-electron chi connectivity index (χ2n) is 5.94. The number of hydrogen-bond acceptors (Lipinski definition) is 2. The van der Waals surface area contributed by atoms with Gasteiger partial charge >= 0.3 is 0 Å². The number of halogens is 1. The Morgan fingerprint density at radius 3 is 2.22 bits per heavy atom. The molecule has 1 atom stereocenters. The molecule has 0 saturated heterocycles. The number of benzene rings is 2. The maximum atomic E-state index is 12.4. The van der Waals surface area contributed by atoms with Gasteiger partial charge in [-0.05, 0) is 69.5 Å². The van der Waals surface area contributed by atoms with Crippen LogP contribution in [0, 0.1) is 27.7 Å². The molecule has 1 N–H and O–H groups in total. The zero-order valence-electron chi connectivity index (χ0n) is 14.2. The lowest BCUT2D eigenvalue weighted by molar-refractivity contribution is -0.122. The van der Waals surface area contributed by atoms with E-state index in [1.165, 1.54) is 5.56 Å². The van der Waals surface area contributed by atoms with Crippen LogP contribution in [-0.2, 0) is 4.79 Å². The second kappa shape index (κ2) is 7.18. The molecule has 2 aromatic carbocycles. The van der Waals surface area contributed by atoms with E-state index in [0.29, 0.717) is 0 Å². The molecular weight excluding hydrogens is 354 g/mol. The summed E-state index contributed by atoms with van der Waals surface area (Å²) in [5.41, 5.74) is 5.04. The van der Waals surface area contributed by atoms with Crippen molar-refractivity contribution in [1.29, 1.82) is 0 Å². The van der Waals surface area contributed by atoms with Gasteiger partial charge in [0.2, 0.25) is 0 Å². The van der Waals surface area contributed by atoms with Crippen molar-refractivity contribution in [3.8, 4) is 5.75 Å². The maximum absolute atomic E-state index is 12.4. The van der Waals surface area contributed by atoms with Crippen LogP contribution in [0.5, 0.6) is 5.75 Å². The largest absolute Gasteiger partial charge is 0.480 e. The third-order valence-corrected chi connectivity index (χ3v) is 4.19. The van der Waals surface area contributed by atoms with Crippen molar-refractivity contribution in [3.05, 3.63) is 57.1 Å². The number of aryl methyl sites for hydroxylation is 4. The molecule has 122 valence electrons. The Labute approximate surface area is 146 Å². The highest BCUT2D eigenvalue weighted by atomic mass is 79.9. The fraction of sp³-hybridized carbons (Fsp3) is 0.316. The molecule has 2 aromatic rings. The van der Waals surface area contributed by atoms with Crippen molar-refractivity contribution in [2.75, 3.05) is 5.32 Å². The lowest BCUT2D eigenvalue weighted by Crippen LogP contribution is -2.30. The van der Waals surface area contributed by atoms with Crippen molar-refractivity contribution in [3.63, 3.8) is 0 Å². The molecule has 0 heterocycles. The van der Waals surface area contributed by atoms with Crippen molar-refractivity contribution < 1.29 is 9.53 Å². The third-order valence-electron chi connectivity index (χ3n) is 3.73. The fourth-order valence-corrected chi connectivity index (χ4v) is 3.19. The van der Waals surface area contributed by atoms with E-state index in [4.69, 9.17) is 4.74 Å². The van der Waals surface area contributed by atoms with E-state index in [1.54, 1.807) is 6.92 Å². The molecule has 1 amide bonds. The minimum atomic E-state index is -0.575. The highest BCUT2D eigenvalue weighted by Crippen LogP contribution is 2.28. The van der Waals surface area contributed by atoms with Gasteiger partial charge in [-0.25, -0.2) is 0 Å². The van der Waals surface area contributed by atoms with Gasteiger partial charge in [0.15, 0.2) is 6.10 Å². The number of carbonyl (C=O) groups is 1. The molecule has 23 heavy (non-hydrogen) atoms. The quantitative estimate of drug-likeness (QED) is 0.807. The summed E-state index contributed by atoms with van der Waals surface area (Å²) in [6.07, 6.45) is -0.575. The number of nitrogens with one attached hydrogen (secondary N) is 1. The number of hydrogen-bond donors (Lipinski definition) is 1. The Balaban J connectivity index is 2.11. The molecule has 0 aromatic heterocycles. The summed E-state index contributed by atoms with van der Waals surface area (Å²) < 4.78 is 6.90.